The average Bonchev–Trinajstić information content (AvgIpc) is 3.06. The van der Waals surface area contributed by atoms with Crippen LogP contribution in [0.25, 0.3) is 0 Å². The predicted octanol–water partition coefficient (Wildman–Crippen LogP) is 4.38. The molecule has 4 rings (SSSR count). The zero-order chi connectivity index (χ0) is 19.8. The van der Waals surface area contributed by atoms with Gasteiger partial charge in [0.1, 0.15) is 12.4 Å². The van der Waals surface area contributed by atoms with Gasteiger partial charge in [-0.15, -0.1) is 0 Å². The molecular weight excluding hydrogens is 378 g/mol. The van der Waals surface area contributed by atoms with Gasteiger partial charge in [-0.25, -0.2) is 4.79 Å². The summed E-state index contributed by atoms with van der Waals surface area (Å²) in [7, 11) is 0. The molecule has 144 valence electrons. The van der Waals surface area contributed by atoms with Gasteiger partial charge >= 0.3 is 5.97 Å². The molecule has 0 radical (unpaired) electrons. The summed E-state index contributed by atoms with van der Waals surface area (Å²) in [5.74, 6) is -0.200. The summed E-state index contributed by atoms with van der Waals surface area (Å²) in [5.41, 5.74) is 3.49. The molecule has 0 aliphatic carbocycles. The second kappa shape index (κ2) is 7.32. The molecule has 1 atom stereocenters. The van der Waals surface area contributed by atoms with Crippen molar-refractivity contribution >= 4 is 29.2 Å². The summed E-state index contributed by atoms with van der Waals surface area (Å²) in [6.07, 6.45) is 0.156. The standard InChI is InChI=1S/C22H20ClNO4/c1-3-27-19-7-5-4-6-15(19)16-11-20(25)24(18-12-28-22(26)21(16)18)14-9-8-13(2)17(23)10-14/h4-10,16H,3,11-12H2,1-2H3/t16-/m0/s1. The third-order valence-electron chi connectivity index (χ3n) is 5.13. The first kappa shape index (κ1) is 18.6. The van der Waals surface area contributed by atoms with E-state index in [0.29, 0.717) is 34.3 Å². The number of ether oxygens (including phenoxy) is 2. The molecule has 28 heavy (non-hydrogen) atoms. The van der Waals surface area contributed by atoms with E-state index >= 15 is 0 Å². The molecule has 0 bridgehead atoms. The minimum absolute atomic E-state index is 0.0682. The smallest absolute Gasteiger partial charge is 0.336 e. The van der Waals surface area contributed by atoms with Crippen molar-refractivity contribution in [3.63, 3.8) is 0 Å². The fourth-order valence-corrected chi connectivity index (χ4v) is 3.97. The number of anilines is 1. The Morgan fingerprint density at radius 2 is 2.00 bits per heavy atom. The van der Waals surface area contributed by atoms with E-state index < -0.39 is 5.92 Å². The van der Waals surface area contributed by atoms with Gasteiger partial charge in [0.2, 0.25) is 5.91 Å². The van der Waals surface area contributed by atoms with Gasteiger partial charge in [0.25, 0.3) is 0 Å². The Morgan fingerprint density at radius 1 is 1.21 bits per heavy atom. The number of esters is 1. The fourth-order valence-electron chi connectivity index (χ4n) is 3.80. The van der Waals surface area contributed by atoms with E-state index in [1.807, 2.05) is 50.2 Å². The number of aryl methyl sites for hydroxylation is 1. The summed E-state index contributed by atoms with van der Waals surface area (Å²) in [6, 6.07) is 13.0. The van der Waals surface area contributed by atoms with Crippen LogP contribution in [0.15, 0.2) is 53.7 Å². The first-order valence-electron chi connectivity index (χ1n) is 9.22. The number of hydrogen-bond donors (Lipinski definition) is 0. The van der Waals surface area contributed by atoms with Crippen LogP contribution in [-0.4, -0.2) is 25.1 Å². The second-order valence-electron chi connectivity index (χ2n) is 6.83. The number of rotatable bonds is 4. The van der Waals surface area contributed by atoms with E-state index in [9.17, 15) is 9.59 Å². The lowest BCUT2D eigenvalue weighted by molar-refractivity contribution is -0.136. The molecule has 2 aliphatic heterocycles. The fraction of sp³-hybridized carbons (Fsp3) is 0.273. The van der Waals surface area contributed by atoms with E-state index in [1.165, 1.54) is 0 Å². The summed E-state index contributed by atoms with van der Waals surface area (Å²) < 4.78 is 11.1. The Hall–Kier alpha value is -2.79. The molecule has 5 nitrogen and oxygen atoms in total. The lowest BCUT2D eigenvalue weighted by Gasteiger charge is -2.32. The van der Waals surface area contributed by atoms with Gasteiger partial charge in [0, 0.05) is 22.9 Å². The van der Waals surface area contributed by atoms with E-state index in [4.69, 9.17) is 21.1 Å². The van der Waals surface area contributed by atoms with Crippen LogP contribution in [0.1, 0.15) is 30.4 Å². The third kappa shape index (κ3) is 3.06. The van der Waals surface area contributed by atoms with Crippen molar-refractivity contribution in [3.8, 4) is 5.75 Å². The van der Waals surface area contributed by atoms with Crippen molar-refractivity contribution in [2.24, 2.45) is 0 Å². The molecule has 0 aromatic heterocycles. The molecule has 2 heterocycles. The minimum Gasteiger partial charge on any atom is -0.494 e. The van der Waals surface area contributed by atoms with Gasteiger partial charge in [-0.3, -0.25) is 9.69 Å². The monoisotopic (exact) mass is 397 g/mol. The molecule has 6 heteroatoms. The average molecular weight is 398 g/mol. The number of hydrogen-bond acceptors (Lipinski definition) is 4. The maximum absolute atomic E-state index is 13.1. The Morgan fingerprint density at radius 3 is 2.75 bits per heavy atom. The third-order valence-corrected chi connectivity index (χ3v) is 5.53. The molecule has 2 aromatic rings. The molecule has 2 aliphatic rings. The van der Waals surface area contributed by atoms with E-state index in [-0.39, 0.29) is 24.9 Å². The van der Waals surface area contributed by atoms with Crippen molar-refractivity contribution in [2.75, 3.05) is 18.1 Å². The molecule has 1 amide bonds. The summed E-state index contributed by atoms with van der Waals surface area (Å²) in [5, 5.41) is 0.571. The topological polar surface area (TPSA) is 55.8 Å². The van der Waals surface area contributed by atoms with Crippen molar-refractivity contribution in [1.82, 2.24) is 0 Å². The van der Waals surface area contributed by atoms with Gasteiger partial charge in [-0.2, -0.15) is 0 Å². The summed E-state index contributed by atoms with van der Waals surface area (Å²) in [6.45, 7) is 4.37. The quantitative estimate of drug-likeness (QED) is 0.718. The first-order valence-corrected chi connectivity index (χ1v) is 9.60. The van der Waals surface area contributed by atoms with Crippen molar-refractivity contribution in [2.45, 2.75) is 26.2 Å². The van der Waals surface area contributed by atoms with Crippen molar-refractivity contribution in [1.29, 1.82) is 0 Å². The van der Waals surface area contributed by atoms with Crippen LogP contribution >= 0.6 is 11.6 Å². The number of nitrogens with zero attached hydrogens (tertiary/aromatic N) is 1. The van der Waals surface area contributed by atoms with Crippen LogP contribution in [0.3, 0.4) is 0 Å². The predicted molar refractivity (Wildman–Crippen MR) is 107 cm³/mol. The summed E-state index contributed by atoms with van der Waals surface area (Å²) >= 11 is 6.26. The Balaban J connectivity index is 1.83. The largest absolute Gasteiger partial charge is 0.494 e. The van der Waals surface area contributed by atoms with Gasteiger partial charge < -0.3 is 9.47 Å². The highest BCUT2D eigenvalue weighted by atomic mass is 35.5. The SMILES string of the molecule is CCOc1ccccc1[C@@H]1CC(=O)N(c2ccc(C)c(Cl)c2)C2=C1C(=O)OC2. The number of halogens is 1. The molecular formula is C22H20ClNO4. The Labute approximate surface area is 168 Å². The molecule has 0 spiro atoms. The molecule has 0 saturated carbocycles. The number of amides is 1. The second-order valence-corrected chi connectivity index (χ2v) is 7.23. The molecule has 0 saturated heterocycles. The number of carbonyl (C=O) groups excluding carboxylic acids is 2. The molecule has 0 N–H and O–H groups in total. The first-order chi connectivity index (χ1) is 13.5. The Bertz CT molecular complexity index is 998. The van der Waals surface area contributed by atoms with E-state index in [1.54, 1.807) is 11.0 Å². The number of cyclic esters (lactones) is 1. The Kier molecular flexibility index (Phi) is 4.85. The molecule has 0 fully saturated rings. The molecule has 0 unspecified atom stereocenters. The lowest BCUT2D eigenvalue weighted by Crippen LogP contribution is -2.37. The maximum atomic E-state index is 13.1. The van der Waals surface area contributed by atoms with Crippen LogP contribution in [-0.2, 0) is 14.3 Å². The van der Waals surface area contributed by atoms with E-state index in [2.05, 4.69) is 0 Å². The van der Waals surface area contributed by atoms with Gasteiger partial charge in [-0.1, -0.05) is 35.9 Å². The molecule has 2 aromatic carbocycles. The number of para-hydroxylation sites is 1. The minimum atomic E-state index is -0.391. The zero-order valence-electron chi connectivity index (χ0n) is 15.7. The van der Waals surface area contributed by atoms with E-state index in [0.717, 1.165) is 11.1 Å². The highest BCUT2D eigenvalue weighted by Crippen LogP contribution is 2.44. The van der Waals surface area contributed by atoms with Crippen LogP contribution in [0.4, 0.5) is 5.69 Å². The van der Waals surface area contributed by atoms with Crippen LogP contribution in [0.5, 0.6) is 5.75 Å². The zero-order valence-corrected chi connectivity index (χ0v) is 16.5. The summed E-state index contributed by atoms with van der Waals surface area (Å²) in [4.78, 5) is 27.3. The highest BCUT2D eigenvalue weighted by Gasteiger charge is 2.43. The van der Waals surface area contributed by atoms with Crippen LogP contribution < -0.4 is 9.64 Å². The van der Waals surface area contributed by atoms with Gasteiger partial charge in [0.15, 0.2) is 0 Å². The number of benzene rings is 2. The van der Waals surface area contributed by atoms with Crippen LogP contribution in [0.2, 0.25) is 5.02 Å². The van der Waals surface area contributed by atoms with Gasteiger partial charge in [-0.05, 0) is 37.6 Å². The highest BCUT2D eigenvalue weighted by molar-refractivity contribution is 6.31. The van der Waals surface area contributed by atoms with Crippen molar-refractivity contribution < 1.29 is 19.1 Å². The van der Waals surface area contributed by atoms with Crippen molar-refractivity contribution in [3.05, 3.63) is 69.9 Å². The number of carbonyl (C=O) groups is 2. The van der Waals surface area contributed by atoms with Gasteiger partial charge in [0.05, 0.1) is 23.6 Å². The lowest BCUT2D eigenvalue weighted by atomic mass is 9.83. The van der Waals surface area contributed by atoms with Crippen LogP contribution in [0, 0.1) is 6.92 Å². The maximum Gasteiger partial charge on any atom is 0.336 e. The normalized spacial score (nSPS) is 19.0.